The molecule has 0 bridgehead atoms. The maximum atomic E-state index is 9.49. The van der Waals surface area contributed by atoms with Crippen molar-refractivity contribution in [3.8, 4) is 0 Å². The highest BCUT2D eigenvalue weighted by Gasteiger charge is 2.25. The van der Waals surface area contributed by atoms with E-state index in [9.17, 15) is 5.11 Å². The molecule has 90 valence electrons. The van der Waals surface area contributed by atoms with Gasteiger partial charge in [-0.25, -0.2) is 0 Å². The number of hydrogen-bond acceptors (Lipinski definition) is 5. The lowest BCUT2D eigenvalue weighted by molar-refractivity contribution is 0.109. The van der Waals surface area contributed by atoms with E-state index in [2.05, 4.69) is 10.2 Å². The van der Waals surface area contributed by atoms with Gasteiger partial charge in [0.05, 0.1) is 6.10 Å². The Morgan fingerprint density at radius 1 is 1.50 bits per heavy atom. The van der Waals surface area contributed by atoms with Gasteiger partial charge in [-0.05, 0) is 25.7 Å². The number of aliphatic hydroxyl groups excluding tert-OH is 1. The van der Waals surface area contributed by atoms with Crippen LogP contribution >= 0.6 is 11.6 Å². The molecule has 1 unspecified atom stereocenters. The monoisotopic (exact) mass is 245 g/mol. The molecule has 0 saturated carbocycles. The summed E-state index contributed by atoms with van der Waals surface area (Å²) >= 11 is 5.60. The number of alkyl halides is 1. The van der Waals surface area contributed by atoms with E-state index in [0.717, 1.165) is 25.9 Å². The van der Waals surface area contributed by atoms with Crippen molar-refractivity contribution < 1.29 is 9.52 Å². The van der Waals surface area contributed by atoms with Crippen LogP contribution in [-0.4, -0.2) is 34.5 Å². The zero-order valence-corrected chi connectivity index (χ0v) is 10.0. The molecule has 1 saturated heterocycles. The number of rotatable bonds is 3. The van der Waals surface area contributed by atoms with Crippen LogP contribution in [-0.2, 0) is 5.88 Å². The first-order valence-corrected chi connectivity index (χ1v) is 6.05. The van der Waals surface area contributed by atoms with Crippen molar-refractivity contribution in [1.82, 2.24) is 10.2 Å². The fourth-order valence-electron chi connectivity index (χ4n) is 2.00. The molecule has 2 heterocycles. The molecule has 0 amide bonds. The number of aromatic nitrogens is 2. The summed E-state index contributed by atoms with van der Waals surface area (Å²) in [5, 5.41) is 17.3. The first kappa shape index (κ1) is 11.7. The quantitative estimate of drug-likeness (QED) is 0.816. The van der Waals surface area contributed by atoms with E-state index in [1.54, 1.807) is 0 Å². The summed E-state index contributed by atoms with van der Waals surface area (Å²) in [5.41, 5.74) is 0. The van der Waals surface area contributed by atoms with Crippen LogP contribution in [0.25, 0.3) is 0 Å². The third-order valence-corrected chi connectivity index (χ3v) is 3.29. The zero-order chi connectivity index (χ0) is 11.5. The van der Waals surface area contributed by atoms with Crippen molar-refractivity contribution in [2.75, 3.05) is 18.0 Å². The van der Waals surface area contributed by atoms with Crippen molar-refractivity contribution in [3.05, 3.63) is 5.89 Å². The minimum absolute atomic E-state index is 0.233. The minimum atomic E-state index is -0.233. The molecule has 1 N–H and O–H groups in total. The second kappa shape index (κ2) is 5.01. The van der Waals surface area contributed by atoms with Gasteiger partial charge in [-0.2, -0.15) is 0 Å². The lowest BCUT2D eigenvalue weighted by atomic mass is 9.92. The van der Waals surface area contributed by atoms with Gasteiger partial charge in [0.2, 0.25) is 5.89 Å². The molecular formula is C10H16ClN3O2. The topological polar surface area (TPSA) is 62.4 Å². The summed E-state index contributed by atoms with van der Waals surface area (Å²) in [7, 11) is 0. The largest absolute Gasteiger partial charge is 0.407 e. The highest BCUT2D eigenvalue weighted by Crippen LogP contribution is 2.24. The maximum Gasteiger partial charge on any atom is 0.318 e. The lowest BCUT2D eigenvalue weighted by Gasteiger charge is -2.31. The summed E-state index contributed by atoms with van der Waals surface area (Å²) in [6, 6.07) is 0.541. The Balaban J connectivity index is 1.93. The van der Waals surface area contributed by atoms with Gasteiger partial charge in [-0.3, -0.25) is 0 Å². The van der Waals surface area contributed by atoms with Gasteiger partial charge < -0.3 is 14.4 Å². The van der Waals surface area contributed by atoms with E-state index in [1.807, 2.05) is 11.8 Å². The second-order valence-corrected chi connectivity index (χ2v) is 4.44. The first-order valence-electron chi connectivity index (χ1n) is 5.52. The first-order chi connectivity index (χ1) is 7.70. The molecule has 0 spiro atoms. The average Bonchev–Trinajstić information content (AvgIpc) is 2.77. The lowest BCUT2D eigenvalue weighted by Crippen LogP contribution is -2.37. The maximum absolute atomic E-state index is 9.49. The summed E-state index contributed by atoms with van der Waals surface area (Å²) < 4.78 is 5.38. The van der Waals surface area contributed by atoms with Gasteiger partial charge in [0.25, 0.3) is 0 Å². The van der Waals surface area contributed by atoms with Crippen LogP contribution in [0.15, 0.2) is 4.42 Å². The van der Waals surface area contributed by atoms with Crippen LogP contribution in [0.2, 0.25) is 0 Å². The predicted molar refractivity (Wildman–Crippen MR) is 60.5 cm³/mol. The molecule has 1 fully saturated rings. The Bertz CT molecular complexity index is 335. The molecule has 0 radical (unpaired) electrons. The van der Waals surface area contributed by atoms with Crippen LogP contribution in [0.3, 0.4) is 0 Å². The Hall–Kier alpha value is -0.810. The Morgan fingerprint density at radius 3 is 2.69 bits per heavy atom. The highest BCUT2D eigenvalue weighted by molar-refractivity contribution is 6.16. The van der Waals surface area contributed by atoms with E-state index in [4.69, 9.17) is 16.0 Å². The molecule has 0 aromatic carbocycles. The van der Waals surface area contributed by atoms with Crippen LogP contribution in [0.4, 0.5) is 6.01 Å². The molecule has 5 nitrogen and oxygen atoms in total. The van der Waals surface area contributed by atoms with E-state index in [0.29, 0.717) is 17.8 Å². The van der Waals surface area contributed by atoms with Crippen molar-refractivity contribution >= 4 is 17.6 Å². The molecular weight excluding hydrogens is 230 g/mol. The summed E-state index contributed by atoms with van der Waals surface area (Å²) in [6.45, 7) is 3.54. The third-order valence-electron chi connectivity index (χ3n) is 3.06. The number of hydrogen-bond donors (Lipinski definition) is 1. The van der Waals surface area contributed by atoms with E-state index < -0.39 is 0 Å². The van der Waals surface area contributed by atoms with Gasteiger partial charge in [0.15, 0.2) is 0 Å². The molecule has 1 aromatic rings. The molecule has 2 rings (SSSR count). The number of anilines is 1. The third kappa shape index (κ3) is 2.47. The molecule has 1 aliphatic heterocycles. The van der Waals surface area contributed by atoms with E-state index in [-0.39, 0.29) is 12.0 Å². The van der Waals surface area contributed by atoms with Crippen LogP contribution in [0, 0.1) is 5.92 Å². The van der Waals surface area contributed by atoms with Crippen molar-refractivity contribution in [3.63, 3.8) is 0 Å². The van der Waals surface area contributed by atoms with Crippen molar-refractivity contribution in [2.24, 2.45) is 5.92 Å². The zero-order valence-electron chi connectivity index (χ0n) is 9.27. The van der Waals surface area contributed by atoms with Crippen LogP contribution < -0.4 is 4.90 Å². The van der Waals surface area contributed by atoms with E-state index in [1.165, 1.54) is 0 Å². The Labute approximate surface area is 99.4 Å². The number of halogens is 1. The Kier molecular flexibility index (Phi) is 3.66. The molecule has 1 aromatic heterocycles. The van der Waals surface area contributed by atoms with Crippen LogP contribution in [0.5, 0.6) is 0 Å². The van der Waals surface area contributed by atoms with Gasteiger partial charge in [-0.15, -0.1) is 16.7 Å². The van der Waals surface area contributed by atoms with Gasteiger partial charge in [0.1, 0.15) is 5.88 Å². The summed E-state index contributed by atoms with van der Waals surface area (Å²) in [6.07, 6.45) is 1.68. The normalized spacial score (nSPS) is 20.1. The SMILES string of the molecule is CC(O)C1CCN(c2nnc(CCl)o2)CC1. The van der Waals surface area contributed by atoms with E-state index >= 15 is 0 Å². The fraction of sp³-hybridized carbons (Fsp3) is 0.800. The second-order valence-electron chi connectivity index (χ2n) is 4.18. The minimum Gasteiger partial charge on any atom is -0.407 e. The fourth-order valence-corrected chi connectivity index (χ4v) is 2.11. The smallest absolute Gasteiger partial charge is 0.318 e. The van der Waals surface area contributed by atoms with Crippen molar-refractivity contribution in [2.45, 2.75) is 31.7 Å². The number of nitrogens with zero attached hydrogens (tertiary/aromatic N) is 3. The Morgan fingerprint density at radius 2 is 2.19 bits per heavy atom. The highest BCUT2D eigenvalue weighted by atomic mass is 35.5. The summed E-state index contributed by atoms with van der Waals surface area (Å²) in [5.74, 6) is 1.08. The van der Waals surface area contributed by atoms with Crippen LogP contribution in [0.1, 0.15) is 25.7 Å². The molecule has 6 heteroatoms. The number of piperidine rings is 1. The molecule has 1 aliphatic rings. The average molecular weight is 246 g/mol. The summed E-state index contributed by atoms with van der Waals surface area (Å²) in [4.78, 5) is 2.04. The molecule has 16 heavy (non-hydrogen) atoms. The van der Waals surface area contributed by atoms with Crippen molar-refractivity contribution in [1.29, 1.82) is 0 Å². The van der Waals surface area contributed by atoms with Gasteiger partial charge in [0, 0.05) is 13.1 Å². The van der Waals surface area contributed by atoms with Gasteiger partial charge in [-0.1, -0.05) is 5.10 Å². The standard InChI is InChI=1S/C10H16ClN3O2/c1-7(15)8-2-4-14(5-3-8)10-13-12-9(6-11)16-10/h7-8,15H,2-6H2,1H3. The predicted octanol–water partition coefficient (Wildman–Crippen LogP) is 1.41. The molecule has 1 atom stereocenters. The van der Waals surface area contributed by atoms with Gasteiger partial charge >= 0.3 is 6.01 Å². The number of aliphatic hydroxyl groups is 1. The molecule has 0 aliphatic carbocycles.